The Morgan fingerprint density at radius 2 is 1.03 bits per heavy atom. The molecule has 2 N–H and O–H groups in total. The summed E-state index contributed by atoms with van der Waals surface area (Å²) in [6, 6.07) is 3.44. The van der Waals surface area contributed by atoms with Gasteiger partial charge in [0, 0.05) is 12.1 Å². The molecule has 1 heterocycles. The number of nitrogens with zero attached hydrogens (tertiary/aromatic N) is 1. The van der Waals surface area contributed by atoms with Gasteiger partial charge in [0.15, 0.2) is 0 Å². The Balaban J connectivity index is 1.51. The second-order valence-corrected chi connectivity index (χ2v) is 8.54. The van der Waals surface area contributed by atoms with E-state index in [-0.39, 0.29) is 62.8 Å². The maximum absolute atomic E-state index is 12.8. The smallest absolute Gasteiger partial charge is 0.348 e. The minimum atomic E-state index is -4.23. The zero-order valence-corrected chi connectivity index (χ0v) is 17.2. The third-order valence-corrected chi connectivity index (χ3v) is 6.26. The van der Waals surface area contributed by atoms with Crippen LogP contribution in [0.5, 0.6) is 0 Å². The van der Waals surface area contributed by atoms with Crippen molar-refractivity contribution in [2.24, 2.45) is 11.8 Å². The normalized spacial score (nSPS) is 26.9. The second-order valence-electron chi connectivity index (χ2n) is 8.54. The fourth-order valence-corrected chi connectivity index (χ4v) is 4.34. The Morgan fingerprint density at radius 1 is 0.688 bits per heavy atom. The van der Waals surface area contributed by atoms with Crippen LogP contribution >= 0.6 is 0 Å². The summed E-state index contributed by atoms with van der Waals surface area (Å²) < 4.78 is 76.6. The van der Waals surface area contributed by atoms with Crippen molar-refractivity contribution in [3.63, 3.8) is 0 Å². The zero-order valence-electron chi connectivity index (χ0n) is 17.2. The van der Waals surface area contributed by atoms with Crippen molar-refractivity contribution in [2.45, 2.75) is 75.8 Å². The van der Waals surface area contributed by atoms with Crippen LogP contribution in [0.25, 0.3) is 0 Å². The molecule has 0 aliphatic heterocycles. The number of rotatable bonds is 4. The van der Waals surface area contributed by atoms with Gasteiger partial charge in [0.2, 0.25) is 0 Å². The Bertz CT molecular complexity index is 747. The van der Waals surface area contributed by atoms with E-state index >= 15 is 0 Å². The monoisotopic (exact) mass is 465 g/mol. The summed E-state index contributed by atoms with van der Waals surface area (Å²) in [5, 5.41) is 5.33. The summed E-state index contributed by atoms with van der Waals surface area (Å²) in [6.45, 7) is 0. The molecule has 0 radical (unpaired) electrons. The van der Waals surface area contributed by atoms with Crippen molar-refractivity contribution >= 4 is 11.8 Å². The molecule has 0 unspecified atom stereocenters. The summed E-state index contributed by atoms with van der Waals surface area (Å²) >= 11 is 0. The maximum Gasteiger partial charge on any atom is 0.391 e. The summed E-state index contributed by atoms with van der Waals surface area (Å²) in [7, 11) is 0. The van der Waals surface area contributed by atoms with Crippen molar-refractivity contribution in [1.29, 1.82) is 0 Å². The number of pyridine rings is 1. The first-order chi connectivity index (χ1) is 14.9. The van der Waals surface area contributed by atoms with E-state index < -0.39 is 48.1 Å². The number of alkyl halides is 6. The number of amides is 2. The molecule has 11 heteroatoms. The fraction of sp³-hybridized carbons (Fsp3) is 0.667. The lowest BCUT2D eigenvalue weighted by molar-refractivity contribution is -0.183. The minimum absolute atomic E-state index is 0.0450. The second kappa shape index (κ2) is 9.66. The lowest BCUT2D eigenvalue weighted by atomic mass is 9.85. The van der Waals surface area contributed by atoms with Gasteiger partial charge < -0.3 is 10.6 Å². The molecule has 1 aromatic heterocycles. The SMILES string of the molecule is O=C(NC1CCC(C(F)(F)F)CC1)c1cccc(C(=O)NC2CCC(C(F)(F)F)CC2)n1. The van der Waals surface area contributed by atoms with E-state index in [4.69, 9.17) is 0 Å². The molecule has 2 aliphatic carbocycles. The lowest BCUT2D eigenvalue weighted by Crippen LogP contribution is -2.41. The molecular weight excluding hydrogens is 440 g/mol. The molecule has 0 aromatic carbocycles. The number of hydrogen-bond acceptors (Lipinski definition) is 3. The van der Waals surface area contributed by atoms with Crippen LogP contribution in [0.2, 0.25) is 0 Å². The first-order valence-electron chi connectivity index (χ1n) is 10.7. The van der Waals surface area contributed by atoms with Crippen LogP contribution in [-0.2, 0) is 0 Å². The molecule has 2 amide bonds. The predicted molar refractivity (Wildman–Crippen MR) is 103 cm³/mol. The fourth-order valence-electron chi connectivity index (χ4n) is 4.34. The number of carbonyl (C=O) groups is 2. The van der Waals surface area contributed by atoms with E-state index in [9.17, 15) is 35.9 Å². The lowest BCUT2D eigenvalue weighted by Gasteiger charge is -2.30. The molecule has 0 bridgehead atoms. The third-order valence-electron chi connectivity index (χ3n) is 6.26. The van der Waals surface area contributed by atoms with E-state index in [0.717, 1.165) is 0 Å². The van der Waals surface area contributed by atoms with E-state index in [2.05, 4.69) is 15.6 Å². The van der Waals surface area contributed by atoms with Crippen molar-refractivity contribution in [1.82, 2.24) is 15.6 Å². The minimum Gasteiger partial charge on any atom is -0.348 e. The molecule has 1 aromatic rings. The molecular formula is C21H25F6N3O2. The van der Waals surface area contributed by atoms with Crippen LogP contribution in [0.3, 0.4) is 0 Å². The van der Waals surface area contributed by atoms with Gasteiger partial charge in [0.25, 0.3) is 11.8 Å². The van der Waals surface area contributed by atoms with Gasteiger partial charge in [-0.2, -0.15) is 26.3 Å². The molecule has 5 nitrogen and oxygen atoms in total. The highest BCUT2D eigenvalue weighted by molar-refractivity contribution is 5.96. The van der Waals surface area contributed by atoms with Gasteiger partial charge in [0.1, 0.15) is 11.4 Å². The highest BCUT2D eigenvalue weighted by Crippen LogP contribution is 2.38. The zero-order chi connectivity index (χ0) is 23.5. The number of aromatic nitrogens is 1. The molecule has 0 saturated heterocycles. The summed E-state index contributed by atoms with van der Waals surface area (Å²) in [5.74, 6) is -3.87. The van der Waals surface area contributed by atoms with E-state index in [1.165, 1.54) is 18.2 Å². The van der Waals surface area contributed by atoms with Crippen LogP contribution in [0.1, 0.15) is 72.3 Å². The summed E-state index contributed by atoms with van der Waals surface area (Å²) in [4.78, 5) is 28.9. The highest BCUT2D eigenvalue weighted by atomic mass is 19.4. The Kier molecular flexibility index (Phi) is 7.34. The van der Waals surface area contributed by atoms with Gasteiger partial charge in [-0.05, 0) is 63.5 Å². The average Bonchev–Trinajstić information content (AvgIpc) is 2.73. The largest absolute Gasteiger partial charge is 0.391 e. The topological polar surface area (TPSA) is 71.1 Å². The maximum atomic E-state index is 12.8. The van der Waals surface area contributed by atoms with Crippen LogP contribution in [0.4, 0.5) is 26.3 Å². The Hall–Kier alpha value is -2.33. The van der Waals surface area contributed by atoms with Crippen LogP contribution < -0.4 is 10.6 Å². The predicted octanol–water partition coefficient (Wildman–Crippen LogP) is 4.78. The first kappa shape index (κ1) is 24.3. The molecule has 3 rings (SSSR count). The first-order valence-corrected chi connectivity index (χ1v) is 10.7. The highest BCUT2D eigenvalue weighted by Gasteiger charge is 2.42. The number of halogens is 6. The van der Waals surface area contributed by atoms with E-state index in [0.29, 0.717) is 0 Å². The number of nitrogens with one attached hydrogen (secondary N) is 2. The molecule has 0 spiro atoms. The van der Waals surface area contributed by atoms with Gasteiger partial charge in [-0.15, -0.1) is 0 Å². The van der Waals surface area contributed by atoms with Gasteiger partial charge in [-0.1, -0.05) is 6.07 Å². The van der Waals surface area contributed by atoms with Crippen LogP contribution in [-0.4, -0.2) is 41.2 Å². The Labute approximate surface area is 181 Å². The average molecular weight is 465 g/mol. The van der Waals surface area contributed by atoms with Gasteiger partial charge in [0.05, 0.1) is 11.8 Å². The number of carbonyl (C=O) groups excluding carboxylic acids is 2. The third kappa shape index (κ3) is 6.35. The van der Waals surface area contributed by atoms with Crippen molar-refractivity contribution in [2.75, 3.05) is 0 Å². The molecule has 32 heavy (non-hydrogen) atoms. The van der Waals surface area contributed by atoms with Crippen molar-refractivity contribution in [3.8, 4) is 0 Å². The van der Waals surface area contributed by atoms with Gasteiger partial charge in [-0.3, -0.25) is 9.59 Å². The van der Waals surface area contributed by atoms with Crippen molar-refractivity contribution in [3.05, 3.63) is 29.6 Å². The van der Waals surface area contributed by atoms with Crippen LogP contribution in [0, 0.1) is 11.8 Å². The molecule has 2 fully saturated rings. The van der Waals surface area contributed by atoms with Crippen molar-refractivity contribution < 1.29 is 35.9 Å². The summed E-state index contributed by atoms with van der Waals surface area (Å²) in [5.41, 5.74) is -0.0900. The van der Waals surface area contributed by atoms with E-state index in [1.807, 2.05) is 0 Å². The standard InChI is InChI=1S/C21H25F6N3O2/c22-20(23,24)12-4-8-14(9-5-12)28-18(31)16-2-1-3-17(30-16)19(32)29-15-10-6-13(7-11-15)21(25,26)27/h1-3,12-15H,4-11H2,(H,28,31)(H,29,32). The molecule has 2 saturated carbocycles. The molecule has 0 atom stereocenters. The Morgan fingerprint density at radius 3 is 1.34 bits per heavy atom. The molecule has 2 aliphatic rings. The quantitative estimate of drug-likeness (QED) is 0.629. The van der Waals surface area contributed by atoms with Crippen LogP contribution in [0.15, 0.2) is 18.2 Å². The van der Waals surface area contributed by atoms with Gasteiger partial charge >= 0.3 is 12.4 Å². The number of hydrogen-bond donors (Lipinski definition) is 2. The molecule has 178 valence electrons. The van der Waals surface area contributed by atoms with E-state index in [1.54, 1.807) is 0 Å². The van der Waals surface area contributed by atoms with Gasteiger partial charge in [-0.25, -0.2) is 4.98 Å². The summed E-state index contributed by atoms with van der Waals surface area (Å²) in [6.07, 6.45) is -7.86.